The highest BCUT2D eigenvalue weighted by atomic mass is 35.5. The molecule has 4 rings (SSSR count). The minimum Gasteiger partial charge on any atom is -0.494 e. The zero-order valence-electron chi connectivity index (χ0n) is 25.0. The van der Waals surface area contributed by atoms with Crippen LogP contribution in [0, 0.1) is 0 Å². The van der Waals surface area contributed by atoms with Crippen LogP contribution in [0.15, 0.2) is 48.5 Å². The van der Waals surface area contributed by atoms with Crippen molar-refractivity contribution in [3.8, 4) is 17.2 Å². The summed E-state index contributed by atoms with van der Waals surface area (Å²) < 4.78 is 16.5. The van der Waals surface area contributed by atoms with Gasteiger partial charge in [-0.05, 0) is 67.8 Å². The number of nitrogens with zero attached hydrogens (tertiary/aromatic N) is 1. The van der Waals surface area contributed by atoms with E-state index in [0.717, 1.165) is 16.8 Å². The second-order valence-corrected chi connectivity index (χ2v) is 12.0. The molecule has 9 nitrogen and oxygen atoms in total. The van der Waals surface area contributed by atoms with Crippen molar-refractivity contribution in [2.24, 2.45) is 5.73 Å². The summed E-state index contributed by atoms with van der Waals surface area (Å²) >= 11 is 12.6. The number of fused-ring (bicyclic) bond motifs is 1. The van der Waals surface area contributed by atoms with Crippen LogP contribution in [0.2, 0.25) is 10.0 Å². The summed E-state index contributed by atoms with van der Waals surface area (Å²) in [6.45, 7) is 7.92. The first-order valence-electron chi connectivity index (χ1n) is 13.6. The number of nitrogens with two attached hydrogens (primary N) is 1. The molecular weight excluding hydrogens is 593 g/mol. The Morgan fingerprint density at radius 1 is 0.953 bits per heavy atom. The molecule has 0 saturated carbocycles. The molecular formula is C32H35Cl2N3O6. The first-order valence-corrected chi connectivity index (χ1v) is 14.4. The van der Waals surface area contributed by atoms with Crippen LogP contribution in [0.25, 0.3) is 0 Å². The molecule has 43 heavy (non-hydrogen) atoms. The highest BCUT2D eigenvalue weighted by Gasteiger charge is 2.47. The van der Waals surface area contributed by atoms with Crippen molar-refractivity contribution in [1.82, 2.24) is 0 Å². The van der Waals surface area contributed by atoms with Gasteiger partial charge in [0.05, 0.1) is 37.3 Å². The Morgan fingerprint density at radius 2 is 1.56 bits per heavy atom. The molecule has 0 saturated heterocycles. The van der Waals surface area contributed by atoms with Gasteiger partial charge in [-0.1, -0.05) is 42.3 Å². The Balaban J connectivity index is 1.78. The molecule has 1 aliphatic heterocycles. The van der Waals surface area contributed by atoms with Gasteiger partial charge in [0, 0.05) is 29.3 Å². The van der Waals surface area contributed by atoms with Crippen LogP contribution in [0.5, 0.6) is 17.2 Å². The zero-order chi connectivity index (χ0) is 31.7. The molecule has 11 heteroatoms. The first-order chi connectivity index (χ1) is 20.2. The van der Waals surface area contributed by atoms with E-state index in [2.05, 4.69) is 12.2 Å². The summed E-state index contributed by atoms with van der Waals surface area (Å²) in [4.78, 5) is 39.4. The third-order valence-corrected chi connectivity index (χ3v) is 8.24. The predicted molar refractivity (Wildman–Crippen MR) is 168 cm³/mol. The van der Waals surface area contributed by atoms with Crippen LogP contribution in [-0.4, -0.2) is 44.1 Å². The van der Waals surface area contributed by atoms with E-state index in [-0.39, 0.29) is 46.0 Å². The van der Waals surface area contributed by atoms with Crippen molar-refractivity contribution in [1.29, 1.82) is 0 Å². The highest BCUT2D eigenvalue weighted by molar-refractivity contribution is 6.38. The second kappa shape index (κ2) is 12.3. The molecule has 228 valence electrons. The third-order valence-electron chi connectivity index (χ3n) is 7.68. The van der Waals surface area contributed by atoms with Crippen molar-refractivity contribution in [2.45, 2.75) is 51.5 Å². The Labute approximate surface area is 261 Å². The number of ether oxygens (including phenoxy) is 3. The zero-order valence-corrected chi connectivity index (χ0v) is 26.5. The van der Waals surface area contributed by atoms with E-state index in [9.17, 15) is 14.4 Å². The van der Waals surface area contributed by atoms with E-state index in [4.69, 9.17) is 43.1 Å². The van der Waals surface area contributed by atoms with E-state index < -0.39 is 22.8 Å². The Morgan fingerprint density at radius 3 is 2.09 bits per heavy atom. The van der Waals surface area contributed by atoms with Crippen LogP contribution in [0.1, 0.15) is 62.0 Å². The smallest absolute Gasteiger partial charge is 0.263 e. The summed E-state index contributed by atoms with van der Waals surface area (Å²) in [6, 6.07) is 14.5. The lowest BCUT2D eigenvalue weighted by molar-refractivity contribution is -0.119. The van der Waals surface area contributed by atoms with E-state index in [1.807, 2.05) is 50.2 Å². The normalized spacial score (nSPS) is 17.1. The Kier molecular flexibility index (Phi) is 9.18. The van der Waals surface area contributed by atoms with Crippen molar-refractivity contribution < 1.29 is 28.6 Å². The van der Waals surface area contributed by atoms with Gasteiger partial charge in [0.1, 0.15) is 11.3 Å². The van der Waals surface area contributed by atoms with Crippen molar-refractivity contribution >= 4 is 52.3 Å². The van der Waals surface area contributed by atoms with E-state index in [0.29, 0.717) is 17.9 Å². The van der Waals surface area contributed by atoms with Gasteiger partial charge in [0.25, 0.3) is 5.91 Å². The number of halogens is 2. The average molecular weight is 629 g/mol. The Hall–Kier alpha value is -3.95. The molecule has 0 spiro atoms. The Bertz CT molecular complexity index is 1550. The van der Waals surface area contributed by atoms with E-state index >= 15 is 0 Å². The van der Waals surface area contributed by atoms with Crippen LogP contribution in [-0.2, 0) is 15.0 Å². The number of hydrogen-bond donors (Lipinski definition) is 2. The molecule has 3 aromatic rings. The lowest BCUT2D eigenvalue weighted by Crippen LogP contribution is -2.55. The molecule has 1 heterocycles. The third kappa shape index (κ3) is 6.24. The molecule has 0 fully saturated rings. The number of anilines is 2. The van der Waals surface area contributed by atoms with Crippen LogP contribution in [0.4, 0.5) is 11.4 Å². The quantitative estimate of drug-likeness (QED) is 0.285. The van der Waals surface area contributed by atoms with Gasteiger partial charge in [0.15, 0.2) is 11.5 Å². The van der Waals surface area contributed by atoms with Crippen molar-refractivity contribution in [2.75, 3.05) is 31.0 Å². The number of benzene rings is 3. The lowest BCUT2D eigenvalue weighted by Gasteiger charge is -2.51. The van der Waals surface area contributed by atoms with Gasteiger partial charge in [0.2, 0.25) is 11.8 Å². The summed E-state index contributed by atoms with van der Waals surface area (Å²) in [5.41, 5.74) is 7.26. The predicted octanol–water partition coefficient (Wildman–Crippen LogP) is 6.36. The number of methoxy groups -OCH3 is 2. The van der Waals surface area contributed by atoms with Gasteiger partial charge in [-0.3, -0.25) is 14.4 Å². The molecule has 0 radical (unpaired) electrons. The maximum Gasteiger partial charge on any atom is 0.263 e. The first kappa shape index (κ1) is 32.0. The van der Waals surface area contributed by atoms with Gasteiger partial charge in [-0.15, -0.1) is 0 Å². The highest BCUT2D eigenvalue weighted by Crippen LogP contribution is 2.51. The molecule has 3 N–H and O–H groups in total. The van der Waals surface area contributed by atoms with Gasteiger partial charge in [-0.2, -0.15) is 0 Å². The molecule has 0 aliphatic carbocycles. The minimum atomic E-state index is -0.563. The molecule has 3 aromatic carbocycles. The van der Waals surface area contributed by atoms with Crippen molar-refractivity contribution in [3.05, 3.63) is 75.3 Å². The number of primary amides is 1. The molecule has 3 amide bonds. The van der Waals surface area contributed by atoms with E-state index in [1.54, 1.807) is 17.9 Å². The van der Waals surface area contributed by atoms with Crippen LogP contribution < -0.4 is 30.2 Å². The van der Waals surface area contributed by atoms with Gasteiger partial charge < -0.3 is 30.2 Å². The number of amides is 3. The number of hydrogen-bond acceptors (Lipinski definition) is 6. The van der Waals surface area contributed by atoms with Crippen LogP contribution in [0.3, 0.4) is 0 Å². The number of carbonyl (C=O) groups is 3. The van der Waals surface area contributed by atoms with Gasteiger partial charge >= 0.3 is 0 Å². The summed E-state index contributed by atoms with van der Waals surface area (Å²) in [7, 11) is 2.81. The monoisotopic (exact) mass is 627 g/mol. The molecule has 1 atom stereocenters. The number of carbonyl (C=O) groups excluding carboxylic acids is 3. The lowest BCUT2D eigenvalue weighted by atomic mass is 9.65. The largest absolute Gasteiger partial charge is 0.494 e. The molecule has 1 unspecified atom stereocenters. The number of rotatable bonds is 9. The van der Waals surface area contributed by atoms with Crippen molar-refractivity contribution in [3.63, 3.8) is 0 Å². The topological polar surface area (TPSA) is 120 Å². The fourth-order valence-electron chi connectivity index (χ4n) is 6.04. The summed E-state index contributed by atoms with van der Waals surface area (Å²) in [6.07, 6.45) is 0.715. The fraction of sp³-hybridized carbons (Fsp3) is 0.344. The fourth-order valence-corrected chi connectivity index (χ4v) is 6.66. The molecule has 0 bridgehead atoms. The SMILES string of the molecule is COc1c(Cl)cc(Cl)c(OC)c1C(=O)Nc1ccc2c(c1)C(C)(c1ccc(OCCC(N)=O)cc1)CC(C)(C)N2C(C)=O. The maximum absolute atomic E-state index is 13.6. The van der Waals surface area contributed by atoms with E-state index in [1.165, 1.54) is 20.3 Å². The second-order valence-electron chi connectivity index (χ2n) is 11.2. The standard InChI is InChI=1S/C32H35Cl2N3O6/c1-18(38)37-25-12-9-20(36-30(40)27-28(41-5)23(33)16-24(34)29(27)42-6)15-22(25)32(4,17-31(37,2)3)19-7-10-21(11-8-19)43-14-13-26(35)39/h7-12,15-16H,13-14,17H2,1-6H3,(H2,35,39)(H,36,40). The summed E-state index contributed by atoms with van der Waals surface area (Å²) in [5.74, 6) is -0.184. The number of nitrogens with one attached hydrogen (secondary N) is 1. The van der Waals surface area contributed by atoms with Crippen LogP contribution >= 0.6 is 23.2 Å². The molecule has 1 aliphatic rings. The molecule has 0 aromatic heterocycles. The minimum absolute atomic E-state index is 0.0569. The summed E-state index contributed by atoms with van der Waals surface area (Å²) in [5, 5.41) is 3.26. The average Bonchev–Trinajstić information content (AvgIpc) is 2.92. The maximum atomic E-state index is 13.6. The van der Waals surface area contributed by atoms with Gasteiger partial charge in [-0.25, -0.2) is 0 Å².